The maximum Gasteiger partial charge on any atom is 0.126 e. The van der Waals surface area contributed by atoms with E-state index in [9.17, 15) is 9.90 Å². The average molecular weight is 168 g/mol. The number of rotatable bonds is 2. The van der Waals surface area contributed by atoms with E-state index in [1.165, 1.54) is 0 Å². The number of aliphatic hydroxyl groups is 1. The highest BCUT2D eigenvalue weighted by molar-refractivity contribution is 5.58. The highest BCUT2D eigenvalue weighted by Gasteiger charge is 2.43. The molecule has 1 aliphatic rings. The van der Waals surface area contributed by atoms with Crippen molar-refractivity contribution in [2.75, 3.05) is 0 Å². The normalized spacial score (nSPS) is 41.2. The zero-order valence-corrected chi connectivity index (χ0v) is 7.71. The smallest absolute Gasteiger partial charge is 0.126 e. The molecule has 0 aliphatic heterocycles. The van der Waals surface area contributed by atoms with Crippen molar-refractivity contribution in [3.8, 4) is 0 Å². The van der Waals surface area contributed by atoms with Crippen molar-refractivity contribution < 1.29 is 9.90 Å². The van der Waals surface area contributed by atoms with Gasteiger partial charge in [0.1, 0.15) is 6.29 Å². The van der Waals surface area contributed by atoms with Crippen molar-refractivity contribution in [1.29, 1.82) is 0 Å². The van der Waals surface area contributed by atoms with E-state index in [0.29, 0.717) is 6.42 Å². The molecule has 1 N–H and O–H groups in total. The van der Waals surface area contributed by atoms with Crippen LogP contribution in [0.5, 0.6) is 0 Å². The molecule has 0 unspecified atom stereocenters. The minimum atomic E-state index is -0.814. The zero-order valence-electron chi connectivity index (χ0n) is 7.71. The summed E-state index contributed by atoms with van der Waals surface area (Å²) in [6.45, 7) is 7.48. The van der Waals surface area contributed by atoms with Crippen molar-refractivity contribution in [3.05, 3.63) is 12.2 Å². The molecule has 0 amide bonds. The van der Waals surface area contributed by atoms with Gasteiger partial charge in [-0.1, -0.05) is 12.2 Å². The van der Waals surface area contributed by atoms with Gasteiger partial charge < -0.3 is 9.90 Å². The van der Waals surface area contributed by atoms with Crippen molar-refractivity contribution in [2.24, 2.45) is 11.8 Å². The van der Waals surface area contributed by atoms with Crippen LogP contribution < -0.4 is 0 Å². The van der Waals surface area contributed by atoms with E-state index < -0.39 is 5.60 Å². The van der Waals surface area contributed by atoms with Crippen LogP contribution in [0, 0.1) is 11.8 Å². The van der Waals surface area contributed by atoms with Crippen LogP contribution in [0.1, 0.15) is 26.7 Å². The number of hydrogen-bond acceptors (Lipinski definition) is 2. The Morgan fingerprint density at radius 1 is 1.75 bits per heavy atom. The van der Waals surface area contributed by atoms with Gasteiger partial charge >= 0.3 is 0 Å². The second kappa shape index (κ2) is 3.02. The molecule has 2 heteroatoms. The summed E-state index contributed by atoms with van der Waals surface area (Å²) in [5, 5.41) is 9.80. The van der Waals surface area contributed by atoms with E-state index in [4.69, 9.17) is 0 Å². The molecule has 1 saturated carbocycles. The maximum absolute atomic E-state index is 10.7. The Bertz CT molecular complexity index is 206. The van der Waals surface area contributed by atoms with Crippen LogP contribution in [0.4, 0.5) is 0 Å². The summed E-state index contributed by atoms with van der Waals surface area (Å²) in [6.07, 6.45) is 2.45. The van der Waals surface area contributed by atoms with Gasteiger partial charge in [-0.15, -0.1) is 0 Å². The van der Waals surface area contributed by atoms with E-state index in [2.05, 4.69) is 6.58 Å². The highest BCUT2D eigenvalue weighted by Crippen LogP contribution is 2.41. The lowest BCUT2D eigenvalue weighted by molar-refractivity contribution is -0.118. The SMILES string of the molecule is C=C(C)[C@H]1CC[C@@](C)(O)[C@@H]1C=O. The largest absolute Gasteiger partial charge is 0.389 e. The molecule has 0 heterocycles. The molecule has 0 aromatic carbocycles. The van der Waals surface area contributed by atoms with Gasteiger partial charge in [0.2, 0.25) is 0 Å². The van der Waals surface area contributed by atoms with Gasteiger partial charge in [-0.2, -0.15) is 0 Å². The molecule has 68 valence electrons. The van der Waals surface area contributed by atoms with E-state index in [1.807, 2.05) is 6.92 Å². The Balaban J connectivity index is 2.83. The van der Waals surface area contributed by atoms with Gasteiger partial charge in [-0.25, -0.2) is 0 Å². The lowest BCUT2D eigenvalue weighted by atomic mass is 9.85. The van der Waals surface area contributed by atoms with Gasteiger partial charge in [0.05, 0.1) is 5.60 Å². The Hall–Kier alpha value is -0.630. The average Bonchev–Trinajstić information content (AvgIpc) is 2.24. The first-order chi connectivity index (χ1) is 5.49. The summed E-state index contributed by atoms with van der Waals surface area (Å²) < 4.78 is 0. The molecule has 0 saturated heterocycles. The summed E-state index contributed by atoms with van der Waals surface area (Å²) in [4.78, 5) is 10.7. The number of allylic oxidation sites excluding steroid dienone is 1. The Morgan fingerprint density at radius 3 is 2.67 bits per heavy atom. The van der Waals surface area contributed by atoms with Crippen LogP contribution in [0.3, 0.4) is 0 Å². The van der Waals surface area contributed by atoms with Crippen LogP contribution in [0.15, 0.2) is 12.2 Å². The minimum Gasteiger partial charge on any atom is -0.389 e. The fourth-order valence-electron chi connectivity index (χ4n) is 2.02. The molecular weight excluding hydrogens is 152 g/mol. The molecule has 0 aromatic rings. The number of hydrogen-bond donors (Lipinski definition) is 1. The first kappa shape index (κ1) is 9.46. The van der Waals surface area contributed by atoms with E-state index in [-0.39, 0.29) is 11.8 Å². The van der Waals surface area contributed by atoms with Crippen molar-refractivity contribution >= 4 is 6.29 Å². The molecular formula is C10H16O2. The quantitative estimate of drug-likeness (QED) is 0.501. The van der Waals surface area contributed by atoms with Gasteiger partial charge in [0.15, 0.2) is 0 Å². The predicted molar refractivity (Wildman–Crippen MR) is 47.7 cm³/mol. The summed E-state index contributed by atoms with van der Waals surface area (Å²) >= 11 is 0. The topological polar surface area (TPSA) is 37.3 Å². The van der Waals surface area contributed by atoms with Crippen molar-refractivity contribution in [3.63, 3.8) is 0 Å². The number of carbonyl (C=O) groups excluding carboxylic acids is 1. The van der Waals surface area contributed by atoms with Crippen LogP contribution >= 0.6 is 0 Å². The molecule has 2 nitrogen and oxygen atoms in total. The Labute approximate surface area is 73.3 Å². The van der Waals surface area contributed by atoms with Crippen LogP contribution in [-0.4, -0.2) is 17.0 Å². The van der Waals surface area contributed by atoms with Crippen LogP contribution in [0.25, 0.3) is 0 Å². The van der Waals surface area contributed by atoms with Gasteiger partial charge in [-0.3, -0.25) is 0 Å². The van der Waals surface area contributed by atoms with Crippen LogP contribution in [-0.2, 0) is 4.79 Å². The Morgan fingerprint density at radius 2 is 2.33 bits per heavy atom. The minimum absolute atomic E-state index is 0.178. The molecule has 1 fully saturated rings. The third-order valence-electron chi connectivity index (χ3n) is 2.89. The monoisotopic (exact) mass is 168 g/mol. The van der Waals surface area contributed by atoms with Crippen molar-refractivity contribution in [2.45, 2.75) is 32.3 Å². The molecule has 0 spiro atoms. The lowest BCUT2D eigenvalue weighted by Gasteiger charge is -2.24. The summed E-state index contributed by atoms with van der Waals surface area (Å²) in [7, 11) is 0. The summed E-state index contributed by atoms with van der Waals surface area (Å²) in [6, 6.07) is 0. The second-order valence-corrected chi connectivity index (χ2v) is 4.01. The summed E-state index contributed by atoms with van der Waals surface area (Å²) in [5.41, 5.74) is 0.190. The molecule has 0 radical (unpaired) electrons. The van der Waals surface area contributed by atoms with Crippen LogP contribution in [0.2, 0.25) is 0 Å². The highest BCUT2D eigenvalue weighted by atomic mass is 16.3. The molecule has 3 atom stereocenters. The Kier molecular flexibility index (Phi) is 2.38. The molecule has 12 heavy (non-hydrogen) atoms. The fraction of sp³-hybridized carbons (Fsp3) is 0.700. The molecule has 1 aliphatic carbocycles. The first-order valence-electron chi connectivity index (χ1n) is 4.32. The zero-order chi connectivity index (χ0) is 9.35. The predicted octanol–water partition coefficient (Wildman–Crippen LogP) is 1.54. The van der Waals surface area contributed by atoms with Gasteiger partial charge in [0, 0.05) is 5.92 Å². The number of aldehydes is 1. The van der Waals surface area contributed by atoms with Crippen molar-refractivity contribution in [1.82, 2.24) is 0 Å². The third-order valence-corrected chi connectivity index (χ3v) is 2.89. The number of carbonyl (C=O) groups is 1. The second-order valence-electron chi connectivity index (χ2n) is 4.01. The third kappa shape index (κ3) is 1.44. The lowest BCUT2D eigenvalue weighted by Crippen LogP contribution is -2.33. The maximum atomic E-state index is 10.7. The molecule has 0 bridgehead atoms. The van der Waals surface area contributed by atoms with E-state index in [1.54, 1.807) is 6.92 Å². The fourth-order valence-corrected chi connectivity index (χ4v) is 2.02. The van der Waals surface area contributed by atoms with E-state index in [0.717, 1.165) is 18.3 Å². The molecule has 0 aromatic heterocycles. The first-order valence-corrected chi connectivity index (χ1v) is 4.32. The van der Waals surface area contributed by atoms with Gasteiger partial charge in [0.25, 0.3) is 0 Å². The molecule has 1 rings (SSSR count). The standard InChI is InChI=1S/C10H16O2/c1-7(2)8-4-5-10(3,12)9(8)6-11/h6,8-9,12H,1,4-5H2,2-3H3/t8-,9-,10-/m1/s1. The van der Waals surface area contributed by atoms with E-state index >= 15 is 0 Å². The van der Waals surface area contributed by atoms with Gasteiger partial charge in [-0.05, 0) is 32.6 Å². The summed E-state index contributed by atoms with van der Waals surface area (Å²) in [5.74, 6) is -0.0764.